The molecule has 0 saturated carbocycles. The number of hydrogen-bond acceptors (Lipinski definition) is 3. The van der Waals surface area contributed by atoms with Crippen LogP contribution in [0, 0.1) is 11.3 Å². The number of amides is 1. The van der Waals surface area contributed by atoms with Gasteiger partial charge in [-0.25, -0.2) is 13.6 Å². The van der Waals surface area contributed by atoms with Gasteiger partial charge < -0.3 is 5.32 Å². The van der Waals surface area contributed by atoms with Gasteiger partial charge in [-0.2, -0.15) is 0 Å². The smallest absolute Gasteiger partial charge is 0.251 e. The largest absolute Gasteiger partial charge is 0.352 e. The molecule has 20 heavy (non-hydrogen) atoms. The summed E-state index contributed by atoms with van der Waals surface area (Å²) < 4.78 is 22.2. The number of sulfonamides is 1. The summed E-state index contributed by atoms with van der Waals surface area (Å²) in [6.07, 6.45) is 0. The van der Waals surface area contributed by atoms with Crippen LogP contribution in [0.5, 0.6) is 0 Å². The molecule has 6 heteroatoms. The number of nitrogens with two attached hydrogens (primary N) is 1. The summed E-state index contributed by atoms with van der Waals surface area (Å²) in [4.78, 5) is 11.9. The van der Waals surface area contributed by atoms with Crippen molar-refractivity contribution in [1.29, 1.82) is 0 Å². The van der Waals surface area contributed by atoms with E-state index in [2.05, 4.69) is 33.0 Å². The average molecular weight is 298 g/mol. The maximum absolute atomic E-state index is 11.9. The van der Waals surface area contributed by atoms with Crippen molar-refractivity contribution in [2.75, 3.05) is 6.54 Å². The number of nitrogens with one attached hydrogen (secondary N) is 1. The van der Waals surface area contributed by atoms with Crippen LogP contribution in [0.3, 0.4) is 0 Å². The van der Waals surface area contributed by atoms with Crippen molar-refractivity contribution in [3.05, 3.63) is 29.8 Å². The lowest BCUT2D eigenvalue weighted by Crippen LogP contribution is -2.33. The summed E-state index contributed by atoms with van der Waals surface area (Å²) in [6.45, 7) is 8.99. The van der Waals surface area contributed by atoms with Gasteiger partial charge in [-0.15, -0.1) is 0 Å². The molecular weight excluding hydrogens is 276 g/mol. The molecule has 0 bridgehead atoms. The Labute approximate surface area is 120 Å². The second-order valence-corrected chi connectivity index (χ2v) is 7.61. The number of primary sulfonamides is 1. The molecule has 5 nitrogen and oxygen atoms in total. The molecule has 0 aliphatic carbocycles. The lowest BCUT2D eigenvalue weighted by molar-refractivity contribution is 0.0937. The summed E-state index contributed by atoms with van der Waals surface area (Å²) in [6, 6.07) is 5.57. The van der Waals surface area contributed by atoms with E-state index in [1.807, 2.05) is 0 Å². The van der Waals surface area contributed by atoms with E-state index in [-0.39, 0.29) is 16.2 Å². The van der Waals surface area contributed by atoms with Crippen LogP contribution < -0.4 is 10.5 Å². The fourth-order valence-electron chi connectivity index (χ4n) is 1.45. The van der Waals surface area contributed by atoms with Gasteiger partial charge in [0.15, 0.2) is 0 Å². The highest BCUT2D eigenvalue weighted by molar-refractivity contribution is 7.89. The van der Waals surface area contributed by atoms with E-state index >= 15 is 0 Å². The van der Waals surface area contributed by atoms with Crippen LogP contribution >= 0.6 is 0 Å². The van der Waals surface area contributed by atoms with Gasteiger partial charge in [0.25, 0.3) is 5.91 Å². The molecular formula is C14H22N2O3S. The highest BCUT2D eigenvalue weighted by atomic mass is 32.2. The normalized spacial score (nSPS) is 13.8. The predicted molar refractivity (Wildman–Crippen MR) is 78.8 cm³/mol. The van der Waals surface area contributed by atoms with E-state index in [1.54, 1.807) is 0 Å². The summed E-state index contributed by atoms with van der Waals surface area (Å²) in [5, 5.41) is 7.84. The molecule has 0 aliphatic rings. The lowest BCUT2D eigenvalue weighted by atomic mass is 9.82. The van der Waals surface area contributed by atoms with Crippen LogP contribution in [0.2, 0.25) is 0 Å². The minimum atomic E-state index is -3.72. The molecule has 0 aliphatic heterocycles. The van der Waals surface area contributed by atoms with Crippen LogP contribution in [-0.2, 0) is 10.0 Å². The third kappa shape index (κ3) is 4.61. The Hall–Kier alpha value is -1.40. The number of carbonyl (C=O) groups is 1. The minimum absolute atomic E-state index is 0.00268. The molecule has 1 aromatic carbocycles. The van der Waals surface area contributed by atoms with E-state index in [1.165, 1.54) is 24.3 Å². The zero-order chi connectivity index (χ0) is 15.6. The molecule has 0 radical (unpaired) electrons. The summed E-state index contributed by atoms with van der Waals surface area (Å²) in [5.74, 6) is 0.109. The van der Waals surface area contributed by atoms with Crippen LogP contribution in [-0.4, -0.2) is 20.9 Å². The van der Waals surface area contributed by atoms with Crippen molar-refractivity contribution in [2.45, 2.75) is 32.6 Å². The van der Waals surface area contributed by atoms with Crippen molar-refractivity contribution in [2.24, 2.45) is 16.5 Å². The van der Waals surface area contributed by atoms with Gasteiger partial charge in [-0.3, -0.25) is 4.79 Å². The van der Waals surface area contributed by atoms with Gasteiger partial charge in [0.1, 0.15) is 0 Å². The highest BCUT2D eigenvalue weighted by Gasteiger charge is 2.20. The van der Waals surface area contributed by atoms with Crippen LogP contribution in [0.25, 0.3) is 0 Å². The molecule has 0 spiro atoms. The lowest BCUT2D eigenvalue weighted by Gasteiger charge is -2.27. The summed E-state index contributed by atoms with van der Waals surface area (Å²) in [5.41, 5.74) is 0.531. The molecule has 1 aromatic rings. The number of hydrogen-bond donors (Lipinski definition) is 2. The Kier molecular flexibility index (Phi) is 4.94. The highest BCUT2D eigenvalue weighted by Crippen LogP contribution is 2.24. The molecule has 0 aromatic heterocycles. The van der Waals surface area contributed by atoms with Gasteiger partial charge in [-0.1, -0.05) is 27.7 Å². The Morgan fingerprint density at radius 3 is 2.15 bits per heavy atom. The van der Waals surface area contributed by atoms with Gasteiger partial charge in [0.05, 0.1) is 4.90 Å². The van der Waals surface area contributed by atoms with E-state index < -0.39 is 10.0 Å². The molecule has 1 unspecified atom stereocenters. The SMILES string of the molecule is CC(CNC(=O)c1ccc(S(N)(=O)=O)cc1)C(C)(C)C. The zero-order valence-corrected chi connectivity index (χ0v) is 13.1. The third-order valence-corrected chi connectivity index (χ3v) is 4.42. The van der Waals surface area contributed by atoms with Crippen molar-refractivity contribution < 1.29 is 13.2 Å². The van der Waals surface area contributed by atoms with Crippen LogP contribution in [0.15, 0.2) is 29.2 Å². The van der Waals surface area contributed by atoms with Crippen molar-refractivity contribution in [3.63, 3.8) is 0 Å². The second kappa shape index (κ2) is 5.93. The number of benzene rings is 1. The summed E-state index contributed by atoms with van der Waals surface area (Å²) >= 11 is 0. The minimum Gasteiger partial charge on any atom is -0.352 e. The standard InChI is InChI=1S/C14H22N2O3S/c1-10(14(2,3)4)9-16-13(17)11-5-7-12(8-6-11)20(15,18)19/h5-8,10H,9H2,1-4H3,(H,16,17)(H2,15,18,19). The first-order valence-electron chi connectivity index (χ1n) is 6.43. The fourth-order valence-corrected chi connectivity index (χ4v) is 1.97. The maximum atomic E-state index is 11.9. The van der Waals surface area contributed by atoms with Crippen molar-refractivity contribution >= 4 is 15.9 Å². The van der Waals surface area contributed by atoms with E-state index in [4.69, 9.17) is 5.14 Å². The number of rotatable bonds is 4. The predicted octanol–water partition coefficient (Wildman–Crippen LogP) is 1.75. The fraction of sp³-hybridized carbons (Fsp3) is 0.500. The zero-order valence-electron chi connectivity index (χ0n) is 12.3. The summed E-state index contributed by atoms with van der Waals surface area (Å²) in [7, 11) is -3.72. The molecule has 0 fully saturated rings. The molecule has 0 saturated heterocycles. The molecule has 0 heterocycles. The average Bonchev–Trinajstić information content (AvgIpc) is 2.33. The topological polar surface area (TPSA) is 89.3 Å². The van der Waals surface area contributed by atoms with Crippen LogP contribution in [0.4, 0.5) is 0 Å². The number of carbonyl (C=O) groups excluding carboxylic acids is 1. The van der Waals surface area contributed by atoms with Crippen molar-refractivity contribution in [1.82, 2.24) is 5.32 Å². The van der Waals surface area contributed by atoms with Gasteiger partial charge in [0, 0.05) is 12.1 Å². The third-order valence-electron chi connectivity index (χ3n) is 3.49. The van der Waals surface area contributed by atoms with E-state index in [9.17, 15) is 13.2 Å². The molecule has 1 rings (SSSR count). The molecule has 3 N–H and O–H groups in total. The molecule has 1 atom stereocenters. The van der Waals surface area contributed by atoms with E-state index in [0.717, 1.165) is 0 Å². The monoisotopic (exact) mass is 298 g/mol. The first kappa shape index (κ1) is 16.7. The van der Waals surface area contributed by atoms with Crippen molar-refractivity contribution in [3.8, 4) is 0 Å². The first-order valence-corrected chi connectivity index (χ1v) is 7.97. The Bertz CT molecular complexity index is 571. The first-order chi connectivity index (χ1) is 9.01. The van der Waals surface area contributed by atoms with Gasteiger partial charge in [0.2, 0.25) is 10.0 Å². The molecule has 1 amide bonds. The maximum Gasteiger partial charge on any atom is 0.251 e. The quantitative estimate of drug-likeness (QED) is 0.887. The second-order valence-electron chi connectivity index (χ2n) is 6.05. The van der Waals surface area contributed by atoms with Gasteiger partial charge >= 0.3 is 0 Å². The Balaban J connectivity index is 2.70. The molecule has 112 valence electrons. The Morgan fingerprint density at radius 1 is 1.25 bits per heavy atom. The van der Waals surface area contributed by atoms with E-state index in [0.29, 0.717) is 18.0 Å². The Morgan fingerprint density at radius 2 is 1.75 bits per heavy atom. The van der Waals surface area contributed by atoms with Gasteiger partial charge in [-0.05, 0) is 35.6 Å². The van der Waals surface area contributed by atoms with Crippen LogP contribution in [0.1, 0.15) is 38.1 Å².